The fraction of sp³-hybridized carbons (Fsp3) is 0.0794. The van der Waals surface area contributed by atoms with Gasteiger partial charge in [-0.15, -0.1) is 0 Å². The molecule has 0 amide bonds. The molecule has 12 aromatic rings. The molecule has 2 aromatic heterocycles. The van der Waals surface area contributed by atoms with Crippen LogP contribution >= 0.6 is 0 Å². The van der Waals surface area contributed by atoms with E-state index in [4.69, 9.17) is 14.4 Å². The van der Waals surface area contributed by atoms with Crippen LogP contribution in [0.15, 0.2) is 202 Å². The number of rotatable bonds is 4. The quantitative estimate of drug-likeness (QED) is 0.174. The molecule has 1 unspecified atom stereocenters. The van der Waals surface area contributed by atoms with E-state index in [9.17, 15) is 0 Å². The van der Waals surface area contributed by atoms with Crippen molar-refractivity contribution in [1.29, 1.82) is 0 Å². The molecular weight excluding hydrogens is 815 g/mol. The summed E-state index contributed by atoms with van der Waals surface area (Å²) in [6, 6.07) is 67.0. The first-order valence-electron chi connectivity index (χ1n) is 23.6. The monoisotopic (exact) mass is 855 g/mol. The van der Waals surface area contributed by atoms with Crippen molar-refractivity contribution in [3.8, 4) is 16.8 Å². The van der Waals surface area contributed by atoms with Crippen molar-refractivity contribution in [3.63, 3.8) is 0 Å². The maximum Gasteiger partial charge on any atom is 0.159 e. The number of hydrogen-bond donors (Lipinski definition) is 0. The van der Waals surface area contributed by atoms with Gasteiger partial charge in [0.2, 0.25) is 0 Å². The lowest BCUT2D eigenvalue weighted by Gasteiger charge is -2.23. The van der Waals surface area contributed by atoms with Crippen LogP contribution in [-0.4, -0.2) is 16.1 Å². The molecule has 3 aliphatic rings. The Morgan fingerprint density at radius 1 is 0.522 bits per heavy atom. The summed E-state index contributed by atoms with van der Waals surface area (Å²) in [7, 11) is 0. The second-order valence-corrected chi connectivity index (χ2v) is 18.7. The summed E-state index contributed by atoms with van der Waals surface area (Å²) in [5.74, 6) is 0.684. The minimum absolute atomic E-state index is 0.171. The normalized spacial score (nSPS) is 15.5. The highest BCUT2D eigenvalue weighted by atomic mass is 16.3. The van der Waals surface area contributed by atoms with E-state index in [1.54, 1.807) is 0 Å². The lowest BCUT2D eigenvalue weighted by molar-refractivity contribution is 0.667. The largest absolute Gasteiger partial charge is 0.455 e. The number of allylic oxidation sites excluding steroid dienone is 1. The van der Waals surface area contributed by atoms with Crippen LogP contribution in [-0.2, 0) is 12.8 Å². The topological polar surface area (TPSA) is 42.8 Å². The molecule has 0 saturated heterocycles. The van der Waals surface area contributed by atoms with Crippen LogP contribution in [0, 0.1) is 0 Å². The van der Waals surface area contributed by atoms with E-state index in [2.05, 4.69) is 199 Å². The van der Waals surface area contributed by atoms with Gasteiger partial charge in [-0.25, -0.2) is 4.99 Å². The van der Waals surface area contributed by atoms with E-state index in [1.807, 2.05) is 0 Å². The van der Waals surface area contributed by atoms with Crippen LogP contribution in [0.4, 0.5) is 0 Å². The SMILES string of the molecule is C1=Cc2cc3c4cc5ccccc5cc4n(-c4cc(C5=NC(c6ccc7c(c6)-c6ccccc6C7)CC(c6ccc7ccccc7c6)=N5)c5oc6ccc7ccccc7c6c5c4)c3cc2CC1. The molecule has 15 rings (SSSR count). The smallest absolute Gasteiger partial charge is 0.159 e. The second kappa shape index (κ2) is 14.1. The van der Waals surface area contributed by atoms with Gasteiger partial charge in [-0.3, -0.25) is 4.99 Å². The van der Waals surface area contributed by atoms with Crippen molar-refractivity contribution in [3.05, 3.63) is 227 Å². The maximum atomic E-state index is 7.10. The van der Waals surface area contributed by atoms with Gasteiger partial charge < -0.3 is 8.98 Å². The first-order chi connectivity index (χ1) is 33.1. The molecule has 0 saturated carbocycles. The Labute approximate surface area is 386 Å². The van der Waals surface area contributed by atoms with Gasteiger partial charge >= 0.3 is 0 Å². The number of aromatic nitrogens is 1. The summed E-state index contributed by atoms with van der Waals surface area (Å²) in [6.45, 7) is 0. The van der Waals surface area contributed by atoms with Crippen LogP contribution in [0.5, 0.6) is 0 Å². The van der Waals surface area contributed by atoms with E-state index in [0.29, 0.717) is 12.3 Å². The summed E-state index contributed by atoms with van der Waals surface area (Å²) in [5, 5.41) is 11.9. The Balaban J connectivity index is 1.03. The third-order valence-electron chi connectivity index (χ3n) is 14.9. The van der Waals surface area contributed by atoms with E-state index in [1.165, 1.54) is 87.7 Å². The van der Waals surface area contributed by atoms with Crippen molar-refractivity contribution in [2.24, 2.45) is 9.98 Å². The molecule has 0 spiro atoms. The van der Waals surface area contributed by atoms with E-state index in [0.717, 1.165) is 69.1 Å². The lowest BCUT2D eigenvalue weighted by Crippen LogP contribution is -2.18. The number of aliphatic imine (C=N–C) groups is 2. The third-order valence-corrected chi connectivity index (χ3v) is 14.9. The molecule has 4 nitrogen and oxygen atoms in total. The van der Waals surface area contributed by atoms with Crippen LogP contribution in [0.2, 0.25) is 0 Å². The summed E-state index contributed by atoms with van der Waals surface area (Å²) in [4.78, 5) is 11.4. The van der Waals surface area contributed by atoms with E-state index in [-0.39, 0.29) is 6.04 Å². The van der Waals surface area contributed by atoms with Crippen LogP contribution in [0.1, 0.15) is 57.8 Å². The van der Waals surface area contributed by atoms with Crippen LogP contribution in [0.3, 0.4) is 0 Å². The zero-order valence-corrected chi connectivity index (χ0v) is 36.6. The molecular formula is C63H41N3O. The van der Waals surface area contributed by atoms with Gasteiger partial charge in [0.1, 0.15) is 11.2 Å². The Hall–Kier alpha value is -8.34. The van der Waals surface area contributed by atoms with E-state index < -0.39 is 0 Å². The fourth-order valence-electron chi connectivity index (χ4n) is 11.6. The van der Waals surface area contributed by atoms with Gasteiger partial charge in [-0.1, -0.05) is 140 Å². The number of benzene rings is 10. The highest BCUT2D eigenvalue weighted by Crippen LogP contribution is 2.44. The van der Waals surface area contributed by atoms with Crippen molar-refractivity contribution < 1.29 is 4.42 Å². The highest BCUT2D eigenvalue weighted by molar-refractivity contribution is 6.25. The molecule has 10 aromatic carbocycles. The minimum atomic E-state index is -0.171. The molecule has 2 aliphatic carbocycles. The Bertz CT molecular complexity index is 4230. The van der Waals surface area contributed by atoms with Crippen molar-refractivity contribution in [2.45, 2.75) is 31.7 Å². The standard InChI is InChI=1S/C63H41N3O/c1-2-13-39-27-46(23-21-37(39)11-1)56-36-57(47-24-22-45-28-44-18-8-9-19-49(44)51(45)31-47)65-63(64-56)55-35-48(34-54-61-50-20-10-7-12-38(50)25-26-60(61)67-62(54)55)66-58-32-42-16-5-3-14-40(42)29-52(58)53-30-41-15-4-6-17-43(41)33-59(53)66/h1-5,7-16,18-27,29-35,57H,6,17,28,36H2. The van der Waals surface area contributed by atoms with Gasteiger partial charge in [0.15, 0.2) is 5.84 Å². The highest BCUT2D eigenvalue weighted by Gasteiger charge is 2.28. The predicted molar refractivity (Wildman–Crippen MR) is 279 cm³/mol. The van der Waals surface area contributed by atoms with Crippen LogP contribution in [0.25, 0.3) is 99.0 Å². The first-order valence-corrected chi connectivity index (χ1v) is 23.6. The molecule has 0 bridgehead atoms. The number of fused-ring (bicyclic) bond motifs is 14. The average molecular weight is 856 g/mol. The Morgan fingerprint density at radius 2 is 1.27 bits per heavy atom. The van der Waals surface area contributed by atoms with Crippen molar-refractivity contribution >= 4 is 93.7 Å². The number of aryl methyl sites for hydroxylation is 1. The summed E-state index contributed by atoms with van der Waals surface area (Å²) in [5.41, 5.74) is 17.4. The molecule has 3 heterocycles. The number of furan rings is 1. The second-order valence-electron chi connectivity index (χ2n) is 18.7. The molecule has 0 N–H and O–H groups in total. The Kier molecular flexibility index (Phi) is 7.76. The fourth-order valence-corrected chi connectivity index (χ4v) is 11.6. The molecule has 1 aliphatic heterocycles. The lowest BCUT2D eigenvalue weighted by atomic mass is 9.92. The first kappa shape index (κ1) is 36.9. The molecule has 0 radical (unpaired) electrons. The average Bonchev–Trinajstić information content (AvgIpc) is 4.05. The maximum absolute atomic E-state index is 7.10. The van der Waals surface area contributed by atoms with Crippen LogP contribution < -0.4 is 0 Å². The predicted octanol–water partition coefficient (Wildman–Crippen LogP) is 16.1. The molecule has 0 fully saturated rings. The van der Waals surface area contributed by atoms with Crippen molar-refractivity contribution in [2.75, 3.05) is 0 Å². The number of hydrogen-bond acceptors (Lipinski definition) is 3. The molecule has 67 heavy (non-hydrogen) atoms. The zero-order valence-electron chi connectivity index (χ0n) is 36.6. The summed E-state index contributed by atoms with van der Waals surface area (Å²) >= 11 is 0. The zero-order chi connectivity index (χ0) is 43.7. The Morgan fingerprint density at radius 3 is 2.18 bits per heavy atom. The molecule has 4 heteroatoms. The van der Waals surface area contributed by atoms with Gasteiger partial charge in [0.25, 0.3) is 0 Å². The third kappa shape index (κ3) is 5.66. The van der Waals surface area contributed by atoms with Crippen molar-refractivity contribution in [1.82, 2.24) is 4.57 Å². The van der Waals surface area contributed by atoms with Gasteiger partial charge in [0, 0.05) is 33.7 Å². The molecule has 1 atom stereocenters. The van der Waals surface area contributed by atoms with Gasteiger partial charge in [-0.2, -0.15) is 0 Å². The number of nitrogens with zero attached hydrogens (tertiary/aromatic N) is 3. The van der Waals surface area contributed by atoms with Gasteiger partial charge in [-0.05, 0) is 151 Å². The summed E-state index contributed by atoms with van der Waals surface area (Å²) in [6.07, 6.45) is 8.31. The summed E-state index contributed by atoms with van der Waals surface area (Å²) < 4.78 is 9.59. The number of amidine groups is 1. The minimum Gasteiger partial charge on any atom is -0.455 e. The molecule has 314 valence electrons. The van der Waals surface area contributed by atoms with Gasteiger partial charge in [0.05, 0.1) is 28.4 Å². The van der Waals surface area contributed by atoms with E-state index >= 15 is 0 Å².